The van der Waals surface area contributed by atoms with E-state index in [1.54, 1.807) is 0 Å². The Morgan fingerprint density at radius 3 is 2.81 bits per heavy atom. The molecule has 7 nitrogen and oxygen atoms in total. The summed E-state index contributed by atoms with van der Waals surface area (Å²) in [5.74, 6) is 3.66. The van der Waals surface area contributed by atoms with Crippen molar-refractivity contribution in [1.82, 2.24) is 29.9 Å². The van der Waals surface area contributed by atoms with E-state index in [1.807, 2.05) is 29.9 Å². The molecule has 2 aliphatic heterocycles. The third-order valence-corrected chi connectivity index (χ3v) is 8.15. The van der Waals surface area contributed by atoms with Gasteiger partial charge >= 0.3 is 0 Å². The zero-order chi connectivity index (χ0) is 21.2. The minimum Gasteiger partial charge on any atom is -0.356 e. The molecule has 32 heavy (non-hydrogen) atoms. The van der Waals surface area contributed by atoms with Gasteiger partial charge in [-0.15, -0.1) is 45.5 Å². The monoisotopic (exact) mass is 569 g/mol. The molecule has 0 aromatic carbocycles. The van der Waals surface area contributed by atoms with Gasteiger partial charge in [-0.25, -0.2) is 4.99 Å². The largest absolute Gasteiger partial charge is 0.356 e. The number of hydrogen-bond donors (Lipinski definition) is 1. The van der Waals surface area contributed by atoms with Crippen molar-refractivity contribution in [2.75, 3.05) is 26.2 Å². The van der Waals surface area contributed by atoms with E-state index in [2.05, 4.69) is 42.8 Å². The first-order valence-corrected chi connectivity index (χ1v) is 12.7. The molecule has 2 aromatic heterocycles. The lowest BCUT2D eigenvalue weighted by molar-refractivity contribution is 0.0369. The number of rotatable bonds is 6. The second kappa shape index (κ2) is 10.8. The van der Waals surface area contributed by atoms with Crippen LogP contribution >= 0.6 is 35.3 Å². The lowest BCUT2D eigenvalue weighted by Crippen LogP contribution is -2.57. The van der Waals surface area contributed by atoms with E-state index in [4.69, 9.17) is 4.99 Å². The van der Waals surface area contributed by atoms with Gasteiger partial charge < -0.3 is 14.8 Å². The van der Waals surface area contributed by atoms with E-state index in [0.717, 1.165) is 61.7 Å². The Hall–Kier alpha value is -1.20. The first-order chi connectivity index (χ1) is 15.2. The highest BCUT2D eigenvalue weighted by Crippen LogP contribution is 2.38. The zero-order valence-corrected chi connectivity index (χ0v) is 22.4. The Balaban J connectivity index is 0.00000245. The molecular formula is C23H36IN7S. The number of fused-ring (bicyclic) bond motifs is 1. The molecule has 1 N–H and O–H groups in total. The molecule has 2 saturated heterocycles. The molecule has 0 amide bonds. The fraction of sp³-hybridized carbons (Fsp3) is 0.696. The smallest absolute Gasteiger partial charge is 0.194 e. The minimum absolute atomic E-state index is 0. The SMILES string of the molecule is Cc1nnc(CN=C(NCCc2cccs2)N2CCC3C(CCCN3C3CC3)C2)n1C.I. The van der Waals surface area contributed by atoms with Crippen LogP contribution in [0.5, 0.6) is 0 Å². The second-order valence-electron chi connectivity index (χ2n) is 9.29. The van der Waals surface area contributed by atoms with Crippen molar-refractivity contribution < 1.29 is 0 Å². The predicted molar refractivity (Wildman–Crippen MR) is 141 cm³/mol. The summed E-state index contributed by atoms with van der Waals surface area (Å²) in [5.41, 5.74) is 0. The molecule has 2 unspecified atom stereocenters. The summed E-state index contributed by atoms with van der Waals surface area (Å²) in [6.07, 6.45) is 7.84. The zero-order valence-electron chi connectivity index (χ0n) is 19.2. The average Bonchev–Trinajstić information content (AvgIpc) is 3.42. The molecule has 0 bridgehead atoms. The van der Waals surface area contributed by atoms with Crippen molar-refractivity contribution in [3.05, 3.63) is 34.0 Å². The lowest BCUT2D eigenvalue weighted by Gasteiger charge is -2.48. The number of aryl methyl sites for hydroxylation is 1. The van der Waals surface area contributed by atoms with Crippen LogP contribution in [0.25, 0.3) is 0 Å². The first-order valence-electron chi connectivity index (χ1n) is 11.9. The van der Waals surface area contributed by atoms with Crippen LogP contribution in [0.2, 0.25) is 0 Å². The molecule has 3 aliphatic rings. The fourth-order valence-electron chi connectivity index (χ4n) is 5.25. The van der Waals surface area contributed by atoms with Crippen LogP contribution in [0.15, 0.2) is 22.5 Å². The standard InChI is InChI=1S/C23H35N7S.HI/c1-17-26-27-22(28(17)2)15-25-23(24-11-9-20-6-4-14-31-20)29-13-10-21-18(16-29)5-3-12-30(21)19-7-8-19;/h4,6,14,18-19,21H,3,5,7-13,15-16H2,1-2H3,(H,24,25);1H. The Kier molecular flexibility index (Phi) is 8.09. The maximum absolute atomic E-state index is 5.01. The topological polar surface area (TPSA) is 61.6 Å². The Morgan fingerprint density at radius 2 is 2.09 bits per heavy atom. The number of aliphatic imine (C=N–C) groups is 1. The highest BCUT2D eigenvalue weighted by atomic mass is 127. The van der Waals surface area contributed by atoms with Crippen molar-refractivity contribution in [3.63, 3.8) is 0 Å². The van der Waals surface area contributed by atoms with Gasteiger partial charge in [0, 0.05) is 43.6 Å². The number of aromatic nitrogens is 3. The van der Waals surface area contributed by atoms with Gasteiger partial charge in [-0.3, -0.25) is 4.90 Å². The van der Waals surface area contributed by atoms with E-state index >= 15 is 0 Å². The normalized spacial score (nSPS) is 24.2. The van der Waals surface area contributed by atoms with Gasteiger partial charge in [0.05, 0.1) is 0 Å². The van der Waals surface area contributed by atoms with Crippen molar-refractivity contribution >= 4 is 41.3 Å². The molecule has 2 atom stereocenters. The number of nitrogens with zero attached hydrogens (tertiary/aromatic N) is 6. The summed E-state index contributed by atoms with van der Waals surface area (Å²) >= 11 is 1.83. The second-order valence-corrected chi connectivity index (χ2v) is 10.3. The van der Waals surface area contributed by atoms with Crippen LogP contribution in [0.4, 0.5) is 0 Å². The number of thiophene rings is 1. The van der Waals surface area contributed by atoms with E-state index in [-0.39, 0.29) is 24.0 Å². The molecular weight excluding hydrogens is 533 g/mol. The first kappa shape index (κ1) is 23.9. The van der Waals surface area contributed by atoms with E-state index < -0.39 is 0 Å². The Labute approximate surface area is 212 Å². The third kappa shape index (κ3) is 5.47. The number of piperidine rings is 2. The van der Waals surface area contributed by atoms with Gasteiger partial charge in [0.1, 0.15) is 12.4 Å². The van der Waals surface area contributed by atoms with Crippen LogP contribution in [-0.4, -0.2) is 68.8 Å². The maximum atomic E-state index is 5.01. The summed E-state index contributed by atoms with van der Waals surface area (Å²) in [7, 11) is 2.02. The number of likely N-dealkylation sites (tertiary alicyclic amines) is 2. The molecule has 0 spiro atoms. The summed E-state index contributed by atoms with van der Waals surface area (Å²) < 4.78 is 2.04. The summed E-state index contributed by atoms with van der Waals surface area (Å²) in [6, 6.07) is 6.01. The molecule has 3 fully saturated rings. The molecule has 1 saturated carbocycles. The van der Waals surface area contributed by atoms with Crippen LogP contribution in [0, 0.1) is 12.8 Å². The highest BCUT2D eigenvalue weighted by Gasteiger charge is 2.42. The molecule has 4 heterocycles. The quantitative estimate of drug-likeness (QED) is 0.328. The van der Waals surface area contributed by atoms with Gasteiger partial charge in [-0.1, -0.05) is 6.07 Å². The van der Waals surface area contributed by atoms with Crippen LogP contribution in [-0.2, 0) is 20.0 Å². The van der Waals surface area contributed by atoms with E-state index in [0.29, 0.717) is 6.54 Å². The third-order valence-electron chi connectivity index (χ3n) is 7.21. The van der Waals surface area contributed by atoms with Crippen LogP contribution in [0.3, 0.4) is 0 Å². The van der Waals surface area contributed by atoms with Gasteiger partial charge in [-0.05, 0) is 69.4 Å². The molecule has 9 heteroatoms. The minimum atomic E-state index is 0. The van der Waals surface area contributed by atoms with Gasteiger partial charge in [-0.2, -0.15) is 0 Å². The van der Waals surface area contributed by atoms with Crippen LogP contribution < -0.4 is 5.32 Å². The van der Waals surface area contributed by atoms with E-state index in [9.17, 15) is 0 Å². The molecule has 0 radical (unpaired) electrons. The number of nitrogens with one attached hydrogen (secondary N) is 1. The van der Waals surface area contributed by atoms with Crippen LogP contribution in [0.1, 0.15) is 48.6 Å². The number of guanidine groups is 1. The van der Waals surface area contributed by atoms with Gasteiger partial charge in [0.2, 0.25) is 0 Å². The number of hydrogen-bond acceptors (Lipinski definition) is 5. The average molecular weight is 570 g/mol. The Bertz CT molecular complexity index is 892. The van der Waals surface area contributed by atoms with Crippen molar-refractivity contribution in [3.8, 4) is 0 Å². The molecule has 5 rings (SSSR count). The van der Waals surface area contributed by atoms with Gasteiger partial charge in [0.25, 0.3) is 0 Å². The Morgan fingerprint density at radius 1 is 1.22 bits per heavy atom. The lowest BCUT2D eigenvalue weighted by atomic mass is 9.83. The predicted octanol–water partition coefficient (Wildman–Crippen LogP) is 3.44. The maximum Gasteiger partial charge on any atom is 0.194 e. The molecule has 1 aliphatic carbocycles. The fourth-order valence-corrected chi connectivity index (χ4v) is 5.96. The molecule has 2 aromatic rings. The van der Waals surface area contributed by atoms with Crippen molar-refractivity contribution in [2.45, 2.75) is 64.1 Å². The highest BCUT2D eigenvalue weighted by molar-refractivity contribution is 14.0. The van der Waals surface area contributed by atoms with Crippen molar-refractivity contribution in [2.24, 2.45) is 18.0 Å². The summed E-state index contributed by atoms with van der Waals surface area (Å²) in [5, 5.41) is 14.3. The summed E-state index contributed by atoms with van der Waals surface area (Å²) in [4.78, 5) is 11.8. The van der Waals surface area contributed by atoms with Crippen molar-refractivity contribution in [1.29, 1.82) is 0 Å². The van der Waals surface area contributed by atoms with Gasteiger partial charge in [0.15, 0.2) is 11.8 Å². The number of halogens is 1. The molecule has 176 valence electrons. The van der Waals surface area contributed by atoms with E-state index in [1.165, 1.54) is 43.5 Å². The summed E-state index contributed by atoms with van der Waals surface area (Å²) in [6.45, 7) is 6.99.